The summed E-state index contributed by atoms with van der Waals surface area (Å²) in [5, 5.41) is 8.61. The topological polar surface area (TPSA) is 46.5 Å². The van der Waals surface area contributed by atoms with E-state index in [0.29, 0.717) is 5.92 Å². The Morgan fingerprint density at radius 1 is 1.17 bits per heavy atom. The van der Waals surface area contributed by atoms with E-state index in [4.69, 9.17) is 9.84 Å². The molecule has 23 heavy (non-hydrogen) atoms. The molecular formula is C20H26O3. The monoisotopic (exact) mass is 314 g/mol. The highest BCUT2D eigenvalue weighted by molar-refractivity contribution is 5.85. The molecule has 1 aromatic carbocycles. The molecule has 1 saturated carbocycles. The number of carbonyl (C=O) groups is 1. The van der Waals surface area contributed by atoms with Gasteiger partial charge < -0.3 is 9.84 Å². The molecular weight excluding hydrogens is 288 g/mol. The lowest BCUT2D eigenvalue weighted by Crippen LogP contribution is -2.20. The molecule has 0 bridgehead atoms. The number of hydrogen-bond donors (Lipinski definition) is 1. The van der Waals surface area contributed by atoms with Crippen molar-refractivity contribution in [3.8, 4) is 5.75 Å². The van der Waals surface area contributed by atoms with Gasteiger partial charge >= 0.3 is 5.97 Å². The van der Waals surface area contributed by atoms with Crippen LogP contribution in [0.2, 0.25) is 0 Å². The van der Waals surface area contributed by atoms with Crippen LogP contribution < -0.4 is 4.74 Å². The third-order valence-corrected chi connectivity index (χ3v) is 4.53. The van der Waals surface area contributed by atoms with Crippen molar-refractivity contribution in [2.24, 2.45) is 11.8 Å². The summed E-state index contributed by atoms with van der Waals surface area (Å²) in [5.74, 6) is 1.44. The van der Waals surface area contributed by atoms with E-state index in [-0.39, 0.29) is 0 Å². The highest BCUT2D eigenvalue weighted by atomic mass is 16.5. The second-order valence-electron chi connectivity index (χ2n) is 6.30. The molecule has 1 N–H and O–H groups in total. The Bertz CT molecular complexity index is 522. The Kier molecular flexibility index (Phi) is 6.92. The first-order valence-corrected chi connectivity index (χ1v) is 8.42. The Morgan fingerprint density at radius 2 is 1.83 bits per heavy atom. The van der Waals surface area contributed by atoms with Gasteiger partial charge in [-0.05, 0) is 61.3 Å². The standard InChI is InChI=1S/C20H26O3/c1-2-3-4-16-5-7-18(8-6-16)15-23-19-12-9-17(10-13-19)11-14-20(21)22/h2,9-14,16,18H,1,3-8,15H2,(H,21,22). The van der Waals surface area contributed by atoms with Crippen molar-refractivity contribution in [1.82, 2.24) is 0 Å². The average Bonchev–Trinajstić information content (AvgIpc) is 2.58. The average molecular weight is 314 g/mol. The maximum absolute atomic E-state index is 10.5. The van der Waals surface area contributed by atoms with Crippen LogP contribution in [0.1, 0.15) is 44.1 Å². The summed E-state index contributed by atoms with van der Waals surface area (Å²) in [5.41, 5.74) is 0.863. The van der Waals surface area contributed by atoms with Crippen LogP contribution in [0.3, 0.4) is 0 Å². The van der Waals surface area contributed by atoms with Crippen molar-refractivity contribution in [1.29, 1.82) is 0 Å². The van der Waals surface area contributed by atoms with Crippen molar-refractivity contribution < 1.29 is 14.6 Å². The smallest absolute Gasteiger partial charge is 0.328 e. The number of rotatable bonds is 8. The molecule has 1 aliphatic rings. The fourth-order valence-corrected chi connectivity index (χ4v) is 3.10. The molecule has 1 fully saturated rings. The van der Waals surface area contributed by atoms with Crippen molar-refractivity contribution >= 4 is 12.0 Å². The van der Waals surface area contributed by atoms with Crippen molar-refractivity contribution in [3.63, 3.8) is 0 Å². The van der Waals surface area contributed by atoms with Crippen LogP contribution >= 0.6 is 0 Å². The van der Waals surface area contributed by atoms with Crippen LogP contribution in [0, 0.1) is 11.8 Å². The van der Waals surface area contributed by atoms with Gasteiger partial charge in [-0.3, -0.25) is 0 Å². The van der Waals surface area contributed by atoms with Gasteiger partial charge in [0.15, 0.2) is 0 Å². The predicted octanol–water partition coefficient (Wildman–Crippen LogP) is 4.94. The SMILES string of the molecule is C=CCCC1CCC(COc2ccc(C=CC(=O)O)cc2)CC1. The van der Waals surface area contributed by atoms with Crippen molar-refractivity contribution in [3.05, 3.63) is 48.6 Å². The Labute approximate surface area is 138 Å². The van der Waals surface area contributed by atoms with Gasteiger partial charge in [0.05, 0.1) is 6.61 Å². The van der Waals surface area contributed by atoms with Crippen LogP contribution in [0.4, 0.5) is 0 Å². The maximum atomic E-state index is 10.5. The highest BCUT2D eigenvalue weighted by Crippen LogP contribution is 2.32. The minimum absolute atomic E-state index is 0.654. The molecule has 0 radical (unpaired) electrons. The fourth-order valence-electron chi connectivity index (χ4n) is 3.10. The minimum Gasteiger partial charge on any atom is -0.493 e. The van der Waals surface area contributed by atoms with Gasteiger partial charge in [-0.25, -0.2) is 4.79 Å². The van der Waals surface area contributed by atoms with Gasteiger partial charge in [0, 0.05) is 6.08 Å². The van der Waals surface area contributed by atoms with Crippen molar-refractivity contribution in [2.75, 3.05) is 6.61 Å². The number of allylic oxidation sites excluding steroid dienone is 1. The molecule has 3 heteroatoms. The Morgan fingerprint density at radius 3 is 2.43 bits per heavy atom. The third kappa shape index (κ3) is 6.31. The van der Waals surface area contributed by atoms with Gasteiger partial charge in [0.2, 0.25) is 0 Å². The third-order valence-electron chi connectivity index (χ3n) is 4.53. The van der Waals surface area contributed by atoms with Crippen LogP contribution in [0.15, 0.2) is 43.0 Å². The second kappa shape index (κ2) is 9.19. The summed E-state index contributed by atoms with van der Waals surface area (Å²) < 4.78 is 5.89. The maximum Gasteiger partial charge on any atom is 0.328 e. The fraction of sp³-hybridized carbons (Fsp3) is 0.450. The summed E-state index contributed by atoms with van der Waals surface area (Å²) in [7, 11) is 0. The van der Waals surface area contributed by atoms with Gasteiger partial charge in [-0.15, -0.1) is 6.58 Å². The molecule has 0 heterocycles. The molecule has 0 unspecified atom stereocenters. The summed E-state index contributed by atoms with van der Waals surface area (Å²) >= 11 is 0. The minimum atomic E-state index is -0.936. The van der Waals surface area contributed by atoms with E-state index in [9.17, 15) is 4.79 Å². The predicted molar refractivity (Wildman–Crippen MR) is 93.5 cm³/mol. The van der Waals surface area contributed by atoms with Gasteiger partial charge in [-0.2, -0.15) is 0 Å². The van der Waals surface area contributed by atoms with E-state index in [1.807, 2.05) is 30.3 Å². The highest BCUT2D eigenvalue weighted by Gasteiger charge is 2.21. The van der Waals surface area contributed by atoms with E-state index >= 15 is 0 Å². The number of carboxylic acids is 1. The molecule has 1 aliphatic carbocycles. The number of ether oxygens (including phenoxy) is 1. The molecule has 2 rings (SSSR count). The summed E-state index contributed by atoms with van der Waals surface area (Å²) in [6, 6.07) is 7.55. The van der Waals surface area contributed by atoms with E-state index in [1.165, 1.54) is 32.1 Å². The van der Waals surface area contributed by atoms with Crippen molar-refractivity contribution in [2.45, 2.75) is 38.5 Å². The van der Waals surface area contributed by atoms with E-state index in [1.54, 1.807) is 6.08 Å². The zero-order valence-electron chi connectivity index (χ0n) is 13.6. The zero-order valence-corrected chi connectivity index (χ0v) is 13.6. The van der Waals surface area contributed by atoms with Crippen LogP contribution in [-0.2, 0) is 4.79 Å². The van der Waals surface area contributed by atoms with E-state index in [2.05, 4.69) is 6.58 Å². The van der Waals surface area contributed by atoms with Gasteiger partial charge in [0.25, 0.3) is 0 Å². The second-order valence-corrected chi connectivity index (χ2v) is 6.30. The summed E-state index contributed by atoms with van der Waals surface area (Å²) in [6.07, 6.45) is 12.3. The Balaban J connectivity index is 1.72. The molecule has 1 aromatic rings. The normalized spacial score (nSPS) is 21.2. The lowest BCUT2D eigenvalue weighted by atomic mass is 9.80. The zero-order chi connectivity index (χ0) is 16.5. The van der Waals surface area contributed by atoms with Crippen LogP contribution in [0.25, 0.3) is 6.08 Å². The molecule has 0 aliphatic heterocycles. The lowest BCUT2D eigenvalue weighted by Gasteiger charge is -2.28. The first kappa shape index (κ1) is 17.3. The number of aliphatic carboxylic acids is 1. The van der Waals surface area contributed by atoms with E-state index < -0.39 is 5.97 Å². The molecule has 3 nitrogen and oxygen atoms in total. The molecule has 0 amide bonds. The molecule has 0 atom stereocenters. The Hall–Kier alpha value is -2.03. The van der Waals surface area contributed by atoms with Gasteiger partial charge in [0.1, 0.15) is 5.75 Å². The number of carboxylic acid groups (broad SMARTS) is 1. The summed E-state index contributed by atoms with van der Waals surface area (Å²) in [4.78, 5) is 10.5. The van der Waals surface area contributed by atoms with E-state index in [0.717, 1.165) is 36.3 Å². The number of hydrogen-bond acceptors (Lipinski definition) is 2. The number of benzene rings is 1. The first-order chi connectivity index (χ1) is 11.2. The molecule has 0 saturated heterocycles. The van der Waals surface area contributed by atoms with Crippen LogP contribution in [0.5, 0.6) is 5.75 Å². The largest absolute Gasteiger partial charge is 0.493 e. The molecule has 0 spiro atoms. The lowest BCUT2D eigenvalue weighted by molar-refractivity contribution is -0.131. The molecule has 0 aromatic heterocycles. The van der Waals surface area contributed by atoms with Gasteiger partial charge in [-0.1, -0.05) is 31.1 Å². The first-order valence-electron chi connectivity index (χ1n) is 8.42. The summed E-state index contributed by atoms with van der Waals surface area (Å²) in [6.45, 7) is 4.57. The quantitative estimate of drug-likeness (QED) is 0.546. The van der Waals surface area contributed by atoms with Crippen LogP contribution in [-0.4, -0.2) is 17.7 Å². The molecule has 124 valence electrons.